The quantitative estimate of drug-likeness (QED) is 0.694. The highest BCUT2D eigenvalue weighted by Crippen LogP contribution is 2.30. The van der Waals surface area contributed by atoms with E-state index in [1.54, 1.807) is 0 Å². The molecular formula is C21H23ClN2O. The Morgan fingerprint density at radius 2 is 1.84 bits per heavy atom. The molecule has 1 aliphatic rings. The van der Waals surface area contributed by atoms with Gasteiger partial charge in [0.25, 0.3) is 0 Å². The summed E-state index contributed by atoms with van der Waals surface area (Å²) in [5.74, 6) is 1.64. The second kappa shape index (κ2) is 8.21. The average Bonchev–Trinajstić information content (AvgIpc) is 3.11. The Hall–Kier alpha value is -2.26. The molecule has 0 spiro atoms. The minimum atomic E-state index is 0. The second-order valence-corrected chi connectivity index (χ2v) is 6.44. The normalized spacial score (nSPS) is 15.9. The first-order valence-electron chi connectivity index (χ1n) is 8.68. The van der Waals surface area contributed by atoms with Crippen molar-refractivity contribution in [3.05, 3.63) is 72.3 Å². The van der Waals surface area contributed by atoms with Gasteiger partial charge < -0.3 is 9.72 Å². The SMILES string of the molecule is Cl.c1ccc(-c2ccccc2OCCC2CCc3[nH]cnc3C2)cc1. The van der Waals surface area contributed by atoms with Gasteiger partial charge in [-0.25, -0.2) is 4.98 Å². The summed E-state index contributed by atoms with van der Waals surface area (Å²) in [7, 11) is 0. The molecule has 1 aromatic heterocycles. The van der Waals surface area contributed by atoms with Gasteiger partial charge in [0.15, 0.2) is 0 Å². The molecule has 1 aliphatic carbocycles. The van der Waals surface area contributed by atoms with Gasteiger partial charge in [0.1, 0.15) is 5.75 Å². The van der Waals surface area contributed by atoms with Crippen LogP contribution in [0.5, 0.6) is 5.75 Å². The molecule has 1 atom stereocenters. The summed E-state index contributed by atoms with van der Waals surface area (Å²) in [5.41, 5.74) is 4.93. The summed E-state index contributed by atoms with van der Waals surface area (Å²) in [5, 5.41) is 0. The fraction of sp³-hybridized carbons (Fsp3) is 0.286. The number of hydrogen-bond donors (Lipinski definition) is 1. The first-order valence-corrected chi connectivity index (χ1v) is 8.68. The van der Waals surface area contributed by atoms with Crippen LogP contribution < -0.4 is 4.74 Å². The number of nitrogens with one attached hydrogen (secondary N) is 1. The number of imidazole rings is 1. The van der Waals surface area contributed by atoms with Crippen LogP contribution in [0.15, 0.2) is 60.9 Å². The topological polar surface area (TPSA) is 37.9 Å². The molecule has 25 heavy (non-hydrogen) atoms. The molecule has 1 N–H and O–H groups in total. The van der Waals surface area contributed by atoms with Crippen LogP contribution in [0.25, 0.3) is 11.1 Å². The van der Waals surface area contributed by atoms with Crippen molar-refractivity contribution in [2.45, 2.75) is 25.7 Å². The molecule has 4 rings (SSSR count). The van der Waals surface area contributed by atoms with Crippen molar-refractivity contribution in [2.24, 2.45) is 5.92 Å². The molecule has 130 valence electrons. The van der Waals surface area contributed by atoms with Crippen molar-refractivity contribution in [2.75, 3.05) is 6.61 Å². The van der Waals surface area contributed by atoms with Crippen LogP contribution in [0.1, 0.15) is 24.2 Å². The Balaban J connectivity index is 0.00000182. The summed E-state index contributed by atoms with van der Waals surface area (Å²) in [4.78, 5) is 7.67. The summed E-state index contributed by atoms with van der Waals surface area (Å²) < 4.78 is 6.14. The van der Waals surface area contributed by atoms with E-state index in [1.807, 2.05) is 18.5 Å². The molecular weight excluding hydrogens is 332 g/mol. The number of hydrogen-bond acceptors (Lipinski definition) is 2. The van der Waals surface area contributed by atoms with Gasteiger partial charge in [-0.05, 0) is 43.2 Å². The van der Waals surface area contributed by atoms with Crippen LogP contribution in [-0.4, -0.2) is 16.6 Å². The van der Waals surface area contributed by atoms with Crippen molar-refractivity contribution in [3.63, 3.8) is 0 Å². The first-order chi connectivity index (χ1) is 11.9. The highest BCUT2D eigenvalue weighted by molar-refractivity contribution is 5.85. The van der Waals surface area contributed by atoms with Gasteiger partial charge in [-0.1, -0.05) is 48.5 Å². The third-order valence-corrected chi connectivity index (χ3v) is 4.85. The van der Waals surface area contributed by atoms with Gasteiger partial charge in [0.05, 0.1) is 18.6 Å². The van der Waals surface area contributed by atoms with Crippen LogP contribution in [-0.2, 0) is 12.8 Å². The molecule has 0 radical (unpaired) electrons. The zero-order valence-corrected chi connectivity index (χ0v) is 15.0. The number of aromatic amines is 1. The second-order valence-electron chi connectivity index (χ2n) is 6.44. The number of para-hydroxylation sites is 1. The Labute approximate surface area is 154 Å². The maximum Gasteiger partial charge on any atom is 0.127 e. The molecule has 0 fully saturated rings. The number of rotatable bonds is 5. The van der Waals surface area contributed by atoms with Crippen molar-refractivity contribution in [1.29, 1.82) is 0 Å². The lowest BCUT2D eigenvalue weighted by Gasteiger charge is -2.21. The third-order valence-electron chi connectivity index (χ3n) is 4.85. The van der Waals surface area contributed by atoms with E-state index in [2.05, 4.69) is 52.4 Å². The molecule has 1 unspecified atom stereocenters. The minimum Gasteiger partial charge on any atom is -0.493 e. The molecule has 3 nitrogen and oxygen atoms in total. The maximum atomic E-state index is 6.14. The van der Waals surface area contributed by atoms with Crippen LogP contribution in [0.4, 0.5) is 0 Å². The van der Waals surface area contributed by atoms with Crippen LogP contribution in [0.2, 0.25) is 0 Å². The largest absolute Gasteiger partial charge is 0.493 e. The Morgan fingerprint density at radius 1 is 1.04 bits per heavy atom. The van der Waals surface area contributed by atoms with E-state index in [1.165, 1.54) is 23.4 Å². The maximum absolute atomic E-state index is 6.14. The van der Waals surface area contributed by atoms with Gasteiger partial charge >= 0.3 is 0 Å². The van der Waals surface area contributed by atoms with Crippen molar-refractivity contribution < 1.29 is 4.74 Å². The predicted octanol–water partition coefficient (Wildman–Crippen LogP) is 5.07. The fourth-order valence-electron chi connectivity index (χ4n) is 3.50. The molecule has 0 aliphatic heterocycles. The smallest absolute Gasteiger partial charge is 0.127 e. The Kier molecular flexibility index (Phi) is 5.77. The van der Waals surface area contributed by atoms with E-state index in [9.17, 15) is 0 Å². The monoisotopic (exact) mass is 354 g/mol. The van der Waals surface area contributed by atoms with Crippen molar-refractivity contribution in [3.8, 4) is 16.9 Å². The number of ether oxygens (including phenoxy) is 1. The summed E-state index contributed by atoms with van der Waals surface area (Å²) in [6, 6.07) is 18.7. The van der Waals surface area contributed by atoms with E-state index in [-0.39, 0.29) is 12.4 Å². The van der Waals surface area contributed by atoms with Gasteiger partial charge in [0, 0.05) is 11.3 Å². The lowest BCUT2D eigenvalue weighted by Crippen LogP contribution is -2.17. The van der Waals surface area contributed by atoms with Crippen molar-refractivity contribution in [1.82, 2.24) is 9.97 Å². The molecule has 4 heteroatoms. The molecule has 0 bridgehead atoms. The van der Waals surface area contributed by atoms with E-state index < -0.39 is 0 Å². The third kappa shape index (κ3) is 4.05. The number of nitrogens with zero attached hydrogens (tertiary/aromatic N) is 1. The van der Waals surface area contributed by atoms with Gasteiger partial charge in [-0.2, -0.15) is 0 Å². The minimum absolute atomic E-state index is 0. The van der Waals surface area contributed by atoms with E-state index in [0.717, 1.165) is 37.2 Å². The molecule has 2 aromatic carbocycles. The number of aromatic nitrogens is 2. The first kappa shape index (κ1) is 17.6. The summed E-state index contributed by atoms with van der Waals surface area (Å²) in [6.07, 6.45) is 6.30. The number of fused-ring (bicyclic) bond motifs is 1. The number of aryl methyl sites for hydroxylation is 1. The fourth-order valence-corrected chi connectivity index (χ4v) is 3.50. The highest BCUT2D eigenvalue weighted by atomic mass is 35.5. The molecule has 3 aromatic rings. The number of halogens is 1. The lowest BCUT2D eigenvalue weighted by atomic mass is 9.88. The molecule has 0 amide bonds. The Morgan fingerprint density at radius 3 is 2.72 bits per heavy atom. The van der Waals surface area contributed by atoms with Gasteiger partial charge in [0.2, 0.25) is 0 Å². The molecule has 1 heterocycles. The van der Waals surface area contributed by atoms with Gasteiger partial charge in [-0.3, -0.25) is 0 Å². The average molecular weight is 355 g/mol. The van der Waals surface area contributed by atoms with E-state index in [4.69, 9.17) is 4.74 Å². The summed E-state index contributed by atoms with van der Waals surface area (Å²) in [6.45, 7) is 0.758. The van der Waals surface area contributed by atoms with Gasteiger partial charge in [-0.15, -0.1) is 12.4 Å². The molecule has 0 saturated heterocycles. The number of benzene rings is 2. The highest BCUT2D eigenvalue weighted by Gasteiger charge is 2.20. The van der Waals surface area contributed by atoms with Crippen LogP contribution >= 0.6 is 12.4 Å². The zero-order valence-electron chi connectivity index (χ0n) is 14.2. The van der Waals surface area contributed by atoms with E-state index >= 15 is 0 Å². The number of H-pyrrole nitrogens is 1. The van der Waals surface area contributed by atoms with E-state index in [0.29, 0.717) is 5.92 Å². The van der Waals surface area contributed by atoms with Crippen molar-refractivity contribution >= 4 is 12.4 Å². The summed E-state index contributed by atoms with van der Waals surface area (Å²) >= 11 is 0. The Bertz CT molecular complexity index is 800. The van der Waals surface area contributed by atoms with Crippen LogP contribution in [0, 0.1) is 5.92 Å². The van der Waals surface area contributed by atoms with Crippen LogP contribution in [0.3, 0.4) is 0 Å². The molecule has 0 saturated carbocycles. The standard InChI is InChI=1S/C21H22N2O.ClH/c1-2-6-17(7-3-1)18-8-4-5-9-21(18)24-13-12-16-10-11-19-20(14-16)23-15-22-19;/h1-9,15-16H,10-14H2,(H,22,23);1H. The predicted molar refractivity (Wildman–Crippen MR) is 103 cm³/mol. The lowest BCUT2D eigenvalue weighted by molar-refractivity contribution is 0.267. The zero-order chi connectivity index (χ0) is 16.2.